The van der Waals surface area contributed by atoms with Gasteiger partial charge in [-0.2, -0.15) is 0 Å². The quantitative estimate of drug-likeness (QED) is 0.727. The largest absolute Gasteiger partial charge is 0.384 e. The van der Waals surface area contributed by atoms with Crippen molar-refractivity contribution in [1.82, 2.24) is 0 Å². The fourth-order valence-electron chi connectivity index (χ4n) is 5.59. The molecule has 2 fully saturated rings. The van der Waals surface area contributed by atoms with E-state index >= 15 is 0 Å². The zero-order valence-electron chi connectivity index (χ0n) is 14.5. The normalized spacial score (nSPS) is 47.2. The zero-order chi connectivity index (χ0) is 16.4. The molecule has 4 unspecified atom stereocenters. The molecular formula is C20H30O2. The molecule has 22 heavy (non-hydrogen) atoms. The Morgan fingerprint density at radius 3 is 2.50 bits per heavy atom. The van der Waals surface area contributed by atoms with E-state index in [0.29, 0.717) is 18.4 Å². The highest BCUT2D eigenvalue weighted by Crippen LogP contribution is 2.64. The molecule has 122 valence electrons. The van der Waals surface area contributed by atoms with Crippen LogP contribution in [0.15, 0.2) is 24.3 Å². The van der Waals surface area contributed by atoms with Gasteiger partial charge in [0.25, 0.3) is 0 Å². The molecule has 2 heteroatoms. The number of hydrogen-bond donors (Lipinski definition) is 1. The summed E-state index contributed by atoms with van der Waals surface area (Å²) in [6.07, 6.45) is 9.39. The molecule has 0 aliphatic heterocycles. The van der Waals surface area contributed by atoms with Crippen LogP contribution in [0.2, 0.25) is 0 Å². The Morgan fingerprint density at radius 2 is 1.86 bits per heavy atom. The van der Waals surface area contributed by atoms with E-state index in [4.69, 9.17) is 0 Å². The molecule has 0 saturated heterocycles. The Kier molecular flexibility index (Phi) is 3.32. The lowest BCUT2D eigenvalue weighted by Crippen LogP contribution is -2.63. The van der Waals surface area contributed by atoms with Gasteiger partial charge in [-0.25, -0.2) is 0 Å². The van der Waals surface area contributed by atoms with E-state index in [1.54, 1.807) is 0 Å². The number of Topliss-reactive ketones (excluding diaryl/α,β-unsaturated/α-hetero) is 1. The number of fused-ring (bicyclic) bond motifs is 3. The summed E-state index contributed by atoms with van der Waals surface area (Å²) in [7, 11) is 0. The second-order valence-corrected chi connectivity index (χ2v) is 9.07. The lowest BCUT2D eigenvalue weighted by molar-refractivity contribution is -0.171. The van der Waals surface area contributed by atoms with Gasteiger partial charge >= 0.3 is 0 Å². The van der Waals surface area contributed by atoms with E-state index in [0.717, 1.165) is 25.7 Å². The van der Waals surface area contributed by atoms with Crippen LogP contribution < -0.4 is 0 Å². The molecule has 0 amide bonds. The smallest absolute Gasteiger partial charge is 0.161 e. The molecule has 0 spiro atoms. The average molecular weight is 302 g/mol. The topological polar surface area (TPSA) is 37.3 Å². The van der Waals surface area contributed by atoms with Crippen LogP contribution in [0.4, 0.5) is 0 Å². The molecule has 0 aromatic heterocycles. The third-order valence-corrected chi connectivity index (χ3v) is 7.28. The second-order valence-electron chi connectivity index (χ2n) is 9.07. The summed E-state index contributed by atoms with van der Waals surface area (Å²) in [5.41, 5.74) is -0.490. The first-order valence-electron chi connectivity index (χ1n) is 8.71. The molecular weight excluding hydrogens is 272 g/mol. The summed E-state index contributed by atoms with van der Waals surface area (Å²) >= 11 is 0. The van der Waals surface area contributed by atoms with Crippen molar-refractivity contribution in [2.24, 2.45) is 22.2 Å². The van der Waals surface area contributed by atoms with Crippen molar-refractivity contribution >= 4 is 5.78 Å². The van der Waals surface area contributed by atoms with Crippen molar-refractivity contribution in [3.63, 3.8) is 0 Å². The van der Waals surface area contributed by atoms with Crippen LogP contribution in [0.1, 0.15) is 66.2 Å². The number of ketones is 1. The van der Waals surface area contributed by atoms with Crippen molar-refractivity contribution in [2.75, 3.05) is 0 Å². The van der Waals surface area contributed by atoms with Crippen LogP contribution in [0.25, 0.3) is 0 Å². The van der Waals surface area contributed by atoms with Crippen molar-refractivity contribution in [3.8, 4) is 0 Å². The minimum absolute atomic E-state index is 0.128. The Labute approximate surface area is 134 Å². The summed E-state index contributed by atoms with van der Waals surface area (Å²) in [5, 5.41) is 11.7. The monoisotopic (exact) mass is 302 g/mol. The van der Waals surface area contributed by atoms with E-state index in [-0.39, 0.29) is 27.9 Å². The Morgan fingerprint density at radius 1 is 1.18 bits per heavy atom. The molecule has 2 saturated carbocycles. The Balaban J connectivity index is 2.14. The molecule has 2 nitrogen and oxygen atoms in total. The van der Waals surface area contributed by atoms with Gasteiger partial charge in [-0.1, -0.05) is 46.3 Å². The number of aliphatic hydroxyl groups is 1. The van der Waals surface area contributed by atoms with Gasteiger partial charge in [0.05, 0.1) is 5.60 Å². The molecule has 0 aromatic carbocycles. The summed E-state index contributed by atoms with van der Waals surface area (Å²) < 4.78 is 0. The average Bonchev–Trinajstić information content (AvgIpc) is 2.44. The Bertz CT molecular complexity index is 558. The number of carbonyl (C=O) groups excluding carboxylic acids is 1. The minimum Gasteiger partial charge on any atom is -0.384 e. The van der Waals surface area contributed by atoms with Gasteiger partial charge in [0, 0.05) is 22.8 Å². The third kappa shape index (κ3) is 1.92. The minimum atomic E-state index is -0.951. The first-order valence-corrected chi connectivity index (χ1v) is 8.71. The number of carbonyl (C=O) groups is 1. The van der Waals surface area contributed by atoms with Crippen molar-refractivity contribution in [1.29, 1.82) is 0 Å². The van der Waals surface area contributed by atoms with Crippen LogP contribution in [0, 0.1) is 22.2 Å². The highest BCUT2D eigenvalue weighted by atomic mass is 16.3. The number of allylic oxidation sites excluding steroid dienone is 2. The van der Waals surface area contributed by atoms with Crippen LogP contribution in [0.3, 0.4) is 0 Å². The predicted molar refractivity (Wildman–Crippen MR) is 89.4 cm³/mol. The van der Waals surface area contributed by atoms with Crippen molar-refractivity contribution in [3.05, 3.63) is 24.3 Å². The summed E-state index contributed by atoms with van der Waals surface area (Å²) in [5.74, 6) is 0.434. The molecule has 3 aliphatic carbocycles. The van der Waals surface area contributed by atoms with Gasteiger partial charge in [-0.05, 0) is 37.0 Å². The lowest BCUT2D eigenvalue weighted by atomic mass is 9.43. The second kappa shape index (κ2) is 4.56. The van der Waals surface area contributed by atoms with E-state index in [1.807, 2.05) is 12.2 Å². The number of rotatable bonds is 1. The van der Waals surface area contributed by atoms with E-state index in [2.05, 4.69) is 34.3 Å². The van der Waals surface area contributed by atoms with Gasteiger partial charge in [0.15, 0.2) is 5.78 Å². The fraction of sp³-hybridized carbons (Fsp3) is 0.750. The first-order chi connectivity index (χ1) is 10.1. The van der Waals surface area contributed by atoms with Gasteiger partial charge in [0.1, 0.15) is 0 Å². The lowest BCUT2D eigenvalue weighted by Gasteiger charge is -2.62. The molecule has 4 atom stereocenters. The standard InChI is InChI=1S/C20H30O2/c1-6-18(4)10-11-20(22)14(13-18)15(21)12-16-17(2,3)8-7-9-19(16,20)5/h6,13,16,22H,1,7-12H2,2-5H3. The maximum Gasteiger partial charge on any atom is 0.161 e. The molecule has 0 aromatic rings. The van der Waals surface area contributed by atoms with Crippen LogP contribution >= 0.6 is 0 Å². The van der Waals surface area contributed by atoms with Crippen LogP contribution in [-0.4, -0.2) is 16.5 Å². The molecule has 0 heterocycles. The maximum absolute atomic E-state index is 12.9. The highest BCUT2D eigenvalue weighted by Gasteiger charge is 2.63. The van der Waals surface area contributed by atoms with Gasteiger partial charge in [-0.15, -0.1) is 6.58 Å². The Hall–Kier alpha value is -0.890. The van der Waals surface area contributed by atoms with Crippen LogP contribution in [0.5, 0.6) is 0 Å². The molecule has 3 aliphatic rings. The SMILES string of the molecule is C=CC1(C)C=C2C(=O)CC3C(C)(C)CCCC3(C)C2(O)CC1. The molecule has 0 bridgehead atoms. The first kappa shape index (κ1) is 16.0. The maximum atomic E-state index is 12.9. The molecule has 3 rings (SSSR count). The van der Waals surface area contributed by atoms with E-state index in [9.17, 15) is 9.90 Å². The zero-order valence-corrected chi connectivity index (χ0v) is 14.5. The number of hydrogen-bond acceptors (Lipinski definition) is 2. The summed E-state index contributed by atoms with van der Waals surface area (Å²) in [6, 6.07) is 0. The van der Waals surface area contributed by atoms with Crippen LogP contribution in [-0.2, 0) is 4.79 Å². The molecule has 0 radical (unpaired) electrons. The fourth-order valence-corrected chi connectivity index (χ4v) is 5.59. The molecule has 1 N–H and O–H groups in total. The summed E-state index contributed by atoms with van der Waals surface area (Å²) in [6.45, 7) is 12.8. The predicted octanol–water partition coefficient (Wildman–Crippen LogP) is 4.44. The van der Waals surface area contributed by atoms with E-state index in [1.165, 1.54) is 0 Å². The van der Waals surface area contributed by atoms with Gasteiger partial charge in [0.2, 0.25) is 0 Å². The van der Waals surface area contributed by atoms with Gasteiger partial charge in [-0.3, -0.25) is 4.79 Å². The third-order valence-electron chi connectivity index (χ3n) is 7.28. The van der Waals surface area contributed by atoms with Crippen molar-refractivity contribution in [2.45, 2.75) is 71.8 Å². The van der Waals surface area contributed by atoms with Crippen molar-refractivity contribution < 1.29 is 9.90 Å². The van der Waals surface area contributed by atoms with E-state index < -0.39 is 5.60 Å². The summed E-state index contributed by atoms with van der Waals surface area (Å²) in [4.78, 5) is 12.9. The van der Waals surface area contributed by atoms with Gasteiger partial charge < -0.3 is 5.11 Å². The highest BCUT2D eigenvalue weighted by molar-refractivity contribution is 5.99.